The predicted molar refractivity (Wildman–Crippen MR) is 192 cm³/mol. The third kappa shape index (κ3) is 7.12. The molecule has 1 amide bonds. The third-order valence-corrected chi connectivity index (χ3v) is 9.44. The predicted octanol–water partition coefficient (Wildman–Crippen LogP) is 5.89. The van der Waals surface area contributed by atoms with Crippen LogP contribution in [-0.4, -0.2) is 49.4 Å². The van der Waals surface area contributed by atoms with Crippen molar-refractivity contribution >= 4 is 40.3 Å². The first-order valence-electron chi connectivity index (χ1n) is 16.0. The van der Waals surface area contributed by atoms with Crippen LogP contribution in [0.5, 0.6) is 11.5 Å². The lowest BCUT2D eigenvalue weighted by molar-refractivity contribution is 0.0954. The maximum absolute atomic E-state index is 13.4. The molecular weight excluding hydrogens is 611 g/mol. The van der Waals surface area contributed by atoms with Gasteiger partial charge < -0.3 is 34.9 Å². The summed E-state index contributed by atoms with van der Waals surface area (Å²) in [7, 11) is 3.22. The van der Waals surface area contributed by atoms with Crippen LogP contribution in [0, 0.1) is 19.8 Å². The number of benzene rings is 3. The van der Waals surface area contributed by atoms with Gasteiger partial charge in [-0.2, -0.15) is 0 Å². The van der Waals surface area contributed by atoms with Crippen LogP contribution >= 0.6 is 12.2 Å². The molecule has 0 unspecified atom stereocenters. The van der Waals surface area contributed by atoms with E-state index in [1.54, 1.807) is 20.3 Å². The number of carbonyl (C=O) groups excluding carboxylic acids is 1. The molecular formula is C37H41N5O4S. The molecule has 6 rings (SSSR count). The van der Waals surface area contributed by atoms with Crippen LogP contribution in [0.2, 0.25) is 0 Å². The highest BCUT2D eigenvalue weighted by molar-refractivity contribution is 7.80. The zero-order valence-electron chi connectivity index (χ0n) is 27.3. The summed E-state index contributed by atoms with van der Waals surface area (Å²) < 4.78 is 12.7. The van der Waals surface area contributed by atoms with E-state index in [9.17, 15) is 9.59 Å². The minimum absolute atomic E-state index is 0.0669. The number of nitrogens with one attached hydrogen (secondary N) is 3. The van der Waals surface area contributed by atoms with E-state index in [0.29, 0.717) is 47.6 Å². The second-order valence-electron chi connectivity index (χ2n) is 12.4. The molecule has 0 spiro atoms. The first-order valence-corrected chi connectivity index (χ1v) is 16.4. The fourth-order valence-electron chi connectivity index (χ4n) is 6.71. The van der Waals surface area contributed by atoms with Gasteiger partial charge in [0, 0.05) is 55.1 Å². The van der Waals surface area contributed by atoms with Gasteiger partial charge in [-0.1, -0.05) is 18.2 Å². The van der Waals surface area contributed by atoms with Crippen LogP contribution < -0.4 is 35.9 Å². The van der Waals surface area contributed by atoms with E-state index in [0.717, 1.165) is 47.8 Å². The number of hydrogen-bond acceptors (Lipinski definition) is 6. The second kappa shape index (κ2) is 13.9. The van der Waals surface area contributed by atoms with Crippen molar-refractivity contribution in [2.75, 3.05) is 49.4 Å². The molecule has 2 bridgehead atoms. The Morgan fingerprint density at radius 3 is 2.51 bits per heavy atom. The van der Waals surface area contributed by atoms with Crippen molar-refractivity contribution in [1.29, 1.82) is 0 Å². The molecule has 2 aliphatic heterocycles. The number of methoxy groups -OCH3 is 2. The lowest BCUT2D eigenvalue weighted by Crippen LogP contribution is -2.47. The van der Waals surface area contributed by atoms with Gasteiger partial charge >= 0.3 is 0 Å². The number of anilines is 3. The van der Waals surface area contributed by atoms with Crippen LogP contribution in [0.3, 0.4) is 0 Å². The molecule has 1 fully saturated rings. The molecule has 0 aliphatic carbocycles. The van der Waals surface area contributed by atoms with E-state index >= 15 is 0 Å². The van der Waals surface area contributed by atoms with Crippen LogP contribution in [-0.2, 0) is 13.0 Å². The van der Waals surface area contributed by atoms with E-state index < -0.39 is 0 Å². The highest BCUT2D eigenvalue weighted by atomic mass is 32.1. The van der Waals surface area contributed by atoms with Gasteiger partial charge in [0.2, 0.25) is 0 Å². The fourth-order valence-corrected chi connectivity index (χ4v) is 6.94. The Kier molecular flexibility index (Phi) is 9.49. The normalized spacial score (nSPS) is 16.6. The summed E-state index contributed by atoms with van der Waals surface area (Å²) in [6.45, 7) is 6.89. The van der Waals surface area contributed by atoms with Gasteiger partial charge in [-0.15, -0.1) is 0 Å². The smallest absolute Gasteiger partial charge is 0.251 e. The molecule has 0 radical (unpaired) electrons. The van der Waals surface area contributed by atoms with E-state index in [-0.39, 0.29) is 17.4 Å². The summed E-state index contributed by atoms with van der Waals surface area (Å²) in [5, 5.41) is 10.2. The van der Waals surface area contributed by atoms with Crippen LogP contribution in [0.1, 0.15) is 45.1 Å². The average molecular weight is 652 g/mol. The number of aryl methyl sites for hydroxylation is 2. The first kappa shape index (κ1) is 32.1. The number of fused-ring (bicyclic) bond motifs is 4. The van der Waals surface area contributed by atoms with Crippen molar-refractivity contribution in [2.24, 2.45) is 5.92 Å². The second-order valence-corrected chi connectivity index (χ2v) is 12.8. The van der Waals surface area contributed by atoms with E-state index in [4.69, 9.17) is 21.7 Å². The molecule has 4 aromatic rings. The van der Waals surface area contributed by atoms with Gasteiger partial charge in [0.15, 0.2) is 16.6 Å². The molecule has 0 saturated carbocycles. The van der Waals surface area contributed by atoms with Gasteiger partial charge in [0.25, 0.3) is 11.5 Å². The largest absolute Gasteiger partial charge is 0.493 e. The van der Waals surface area contributed by atoms with Crippen molar-refractivity contribution in [3.8, 4) is 11.5 Å². The number of hydrogen-bond donors (Lipinski definition) is 3. The molecule has 2 aliphatic rings. The topological polar surface area (TPSA) is 96.9 Å². The van der Waals surface area contributed by atoms with Crippen molar-refractivity contribution in [1.82, 2.24) is 9.88 Å². The SMILES string of the molecule is COc1ccc(CCNC(=O)c2ccc(N3C[C@H]4C[C@@H](C3)c3cccc(=O)n3C4)c(NC(=S)Nc3ccc(C)c(C)c3)c2)cc1OC. The lowest BCUT2D eigenvalue weighted by atomic mass is 9.83. The number of aromatic nitrogens is 1. The summed E-state index contributed by atoms with van der Waals surface area (Å²) >= 11 is 5.77. The first-order chi connectivity index (χ1) is 22.7. The molecule has 1 saturated heterocycles. The van der Waals surface area contributed by atoms with Gasteiger partial charge in [-0.25, -0.2) is 0 Å². The van der Waals surface area contributed by atoms with Gasteiger partial charge in [0.05, 0.1) is 25.6 Å². The maximum atomic E-state index is 13.4. The van der Waals surface area contributed by atoms with Crippen LogP contribution in [0.4, 0.5) is 17.1 Å². The molecule has 47 heavy (non-hydrogen) atoms. The summed E-state index contributed by atoms with van der Waals surface area (Å²) in [5.41, 5.74) is 7.72. The molecule has 3 N–H and O–H groups in total. The fraction of sp³-hybridized carbons (Fsp3) is 0.324. The molecule has 3 heterocycles. The maximum Gasteiger partial charge on any atom is 0.251 e. The van der Waals surface area contributed by atoms with Crippen molar-refractivity contribution in [2.45, 2.75) is 39.2 Å². The monoisotopic (exact) mass is 651 g/mol. The third-order valence-electron chi connectivity index (χ3n) is 9.24. The standard InChI is InChI=1S/C37H41N5O4S/c1-23-8-11-29(16-24(23)2)39-37(47)40-30-19-27(36(44)38-15-14-25-9-13-33(45-3)34(18-25)46-4)10-12-32(30)41-20-26-17-28(22-41)31-6-5-7-35(43)42(31)21-26/h5-13,16,18-19,26,28H,14-15,17,20-22H2,1-4H3,(H,38,44)(H2,39,40,47)/t26-,28+/m1/s1. The molecule has 244 valence electrons. The Morgan fingerprint density at radius 2 is 1.72 bits per heavy atom. The Hall–Kier alpha value is -4.83. The Bertz CT molecular complexity index is 1870. The summed E-state index contributed by atoms with van der Waals surface area (Å²) in [6, 6.07) is 23.2. The van der Waals surface area contributed by atoms with Crippen molar-refractivity contribution in [3.05, 3.63) is 111 Å². The van der Waals surface area contributed by atoms with Gasteiger partial charge in [-0.3, -0.25) is 9.59 Å². The number of pyridine rings is 1. The van der Waals surface area contributed by atoms with E-state index in [1.807, 2.05) is 53.1 Å². The highest BCUT2D eigenvalue weighted by Crippen LogP contribution is 2.39. The summed E-state index contributed by atoms with van der Waals surface area (Å²) in [4.78, 5) is 28.3. The van der Waals surface area contributed by atoms with Gasteiger partial charge in [0.1, 0.15) is 0 Å². The molecule has 3 aromatic carbocycles. The number of thiocarbonyl (C=S) groups is 1. The zero-order chi connectivity index (χ0) is 33.1. The van der Waals surface area contributed by atoms with Crippen molar-refractivity contribution < 1.29 is 14.3 Å². The van der Waals surface area contributed by atoms with Crippen molar-refractivity contribution in [3.63, 3.8) is 0 Å². The quantitative estimate of drug-likeness (QED) is 0.193. The number of rotatable bonds is 9. The van der Waals surface area contributed by atoms with E-state index in [2.05, 4.69) is 52.9 Å². The highest BCUT2D eigenvalue weighted by Gasteiger charge is 2.35. The minimum Gasteiger partial charge on any atom is -0.493 e. The Labute approximate surface area is 280 Å². The molecule has 1 aromatic heterocycles. The van der Waals surface area contributed by atoms with Gasteiger partial charge in [-0.05, 0) is 110 Å². The lowest BCUT2D eigenvalue weighted by Gasteiger charge is -2.44. The van der Waals surface area contributed by atoms with Crippen LogP contribution in [0.25, 0.3) is 0 Å². The number of nitrogens with zero attached hydrogens (tertiary/aromatic N) is 2. The molecule has 2 atom stereocenters. The zero-order valence-corrected chi connectivity index (χ0v) is 28.1. The molecule has 10 heteroatoms. The van der Waals surface area contributed by atoms with E-state index in [1.165, 1.54) is 11.1 Å². The van der Waals surface area contributed by atoms with Crippen LogP contribution in [0.15, 0.2) is 77.6 Å². The number of amides is 1. The summed E-state index contributed by atoms with van der Waals surface area (Å²) in [5.74, 6) is 1.74. The number of carbonyl (C=O) groups is 1. The minimum atomic E-state index is -0.170. The summed E-state index contributed by atoms with van der Waals surface area (Å²) in [6.07, 6.45) is 1.69. The Morgan fingerprint density at radius 1 is 0.894 bits per heavy atom. The Balaban J connectivity index is 1.22. The average Bonchev–Trinajstić information content (AvgIpc) is 3.06. The molecule has 9 nitrogen and oxygen atoms in total. The number of piperidine rings is 1. The number of ether oxygens (including phenoxy) is 2.